The molecule has 196 valence electrons. The fourth-order valence-electron chi connectivity index (χ4n) is 3.98. The van der Waals surface area contributed by atoms with E-state index >= 15 is 0 Å². The number of nitrogens with one attached hydrogen (secondary N) is 3. The monoisotopic (exact) mass is 517 g/mol. The molecule has 4 rings (SSSR count). The number of amides is 2. The van der Waals surface area contributed by atoms with Crippen LogP contribution in [0.1, 0.15) is 21.5 Å². The number of halogens is 1. The Bertz CT molecular complexity index is 1400. The van der Waals surface area contributed by atoms with E-state index in [0.29, 0.717) is 13.0 Å². The van der Waals surface area contributed by atoms with Crippen molar-refractivity contribution in [3.8, 4) is 5.75 Å². The predicted octanol–water partition coefficient (Wildman–Crippen LogP) is 3.56. The van der Waals surface area contributed by atoms with Crippen LogP contribution in [-0.4, -0.2) is 49.1 Å². The van der Waals surface area contributed by atoms with E-state index < -0.39 is 36.2 Å². The minimum Gasteiger partial charge on any atom is -0.497 e. The van der Waals surface area contributed by atoms with Crippen LogP contribution in [0.25, 0.3) is 10.9 Å². The van der Waals surface area contributed by atoms with Crippen molar-refractivity contribution in [1.82, 2.24) is 15.6 Å². The zero-order valence-corrected chi connectivity index (χ0v) is 20.8. The number of fused-ring (bicyclic) bond motifs is 1. The number of benzene rings is 3. The van der Waals surface area contributed by atoms with Crippen molar-refractivity contribution in [3.05, 3.63) is 102 Å². The molecule has 1 aromatic heterocycles. The summed E-state index contributed by atoms with van der Waals surface area (Å²) in [5.41, 5.74) is 2.89. The van der Waals surface area contributed by atoms with Gasteiger partial charge in [0.25, 0.3) is 11.8 Å². The lowest BCUT2D eigenvalue weighted by atomic mass is 10.0. The Morgan fingerprint density at radius 2 is 1.71 bits per heavy atom. The van der Waals surface area contributed by atoms with Crippen molar-refractivity contribution >= 4 is 28.7 Å². The fraction of sp³-hybridized carbons (Fsp3) is 0.207. The quantitative estimate of drug-likeness (QED) is 0.264. The smallest absolute Gasteiger partial charge is 0.329 e. The summed E-state index contributed by atoms with van der Waals surface area (Å²) in [6.07, 6.45) is 2.50. The summed E-state index contributed by atoms with van der Waals surface area (Å²) < 4.78 is 23.7. The van der Waals surface area contributed by atoms with Gasteiger partial charge in [-0.1, -0.05) is 30.3 Å². The molecule has 0 aliphatic rings. The molecule has 0 saturated heterocycles. The highest BCUT2D eigenvalue weighted by atomic mass is 19.1. The zero-order valence-electron chi connectivity index (χ0n) is 20.8. The number of carbonyl (C=O) groups excluding carboxylic acids is 3. The molecular formula is C29H28FN3O5. The minimum atomic E-state index is -1.07. The average molecular weight is 518 g/mol. The van der Waals surface area contributed by atoms with Gasteiger partial charge in [-0.25, -0.2) is 9.18 Å². The van der Waals surface area contributed by atoms with E-state index in [2.05, 4.69) is 15.6 Å². The van der Waals surface area contributed by atoms with E-state index in [-0.39, 0.29) is 12.0 Å². The number of H-pyrrole nitrogens is 1. The summed E-state index contributed by atoms with van der Waals surface area (Å²) in [5, 5.41) is 6.28. The second-order valence-corrected chi connectivity index (χ2v) is 8.65. The molecule has 0 spiro atoms. The van der Waals surface area contributed by atoms with Gasteiger partial charge in [-0.3, -0.25) is 9.59 Å². The molecule has 0 saturated carbocycles. The van der Waals surface area contributed by atoms with Crippen LogP contribution >= 0.6 is 0 Å². The third-order valence-electron chi connectivity index (χ3n) is 6.04. The Morgan fingerprint density at radius 1 is 0.974 bits per heavy atom. The van der Waals surface area contributed by atoms with Crippen LogP contribution in [0.3, 0.4) is 0 Å². The summed E-state index contributed by atoms with van der Waals surface area (Å²) >= 11 is 0. The normalized spacial score (nSPS) is 11.5. The lowest BCUT2D eigenvalue weighted by Crippen LogP contribution is -2.44. The molecule has 3 N–H and O–H groups in total. The molecule has 0 bridgehead atoms. The van der Waals surface area contributed by atoms with Crippen LogP contribution in [0.2, 0.25) is 0 Å². The third-order valence-corrected chi connectivity index (χ3v) is 6.04. The van der Waals surface area contributed by atoms with Crippen molar-refractivity contribution in [3.63, 3.8) is 0 Å². The number of ether oxygens (including phenoxy) is 2. The molecule has 9 heteroatoms. The summed E-state index contributed by atoms with van der Waals surface area (Å²) in [6.45, 7) is -0.124. The SMILES string of the molecule is COc1ccc(CCNC(=O)COC(=O)[C@H](Cc2c[nH]c3ccccc23)NC(=O)c2ccc(F)cc2)cc1. The number of aromatic amines is 1. The lowest BCUT2D eigenvalue weighted by molar-refractivity contribution is -0.150. The Hall–Kier alpha value is -4.66. The Balaban J connectivity index is 1.36. The first-order valence-electron chi connectivity index (χ1n) is 12.1. The zero-order chi connectivity index (χ0) is 26.9. The first kappa shape index (κ1) is 26.4. The number of carbonyl (C=O) groups is 3. The van der Waals surface area contributed by atoms with Gasteiger partial charge >= 0.3 is 5.97 Å². The molecule has 3 aromatic carbocycles. The molecule has 0 aliphatic carbocycles. The number of hydrogen-bond acceptors (Lipinski definition) is 5. The van der Waals surface area contributed by atoms with E-state index in [0.717, 1.165) is 39.9 Å². The van der Waals surface area contributed by atoms with Gasteiger partial charge in [-0.15, -0.1) is 0 Å². The maximum absolute atomic E-state index is 13.3. The molecule has 0 unspecified atom stereocenters. The molecular weight excluding hydrogens is 489 g/mol. The molecule has 2 amide bonds. The molecule has 4 aromatic rings. The first-order chi connectivity index (χ1) is 18.4. The highest BCUT2D eigenvalue weighted by Gasteiger charge is 2.25. The molecule has 8 nitrogen and oxygen atoms in total. The summed E-state index contributed by atoms with van der Waals surface area (Å²) in [5.74, 6) is -1.50. The van der Waals surface area contributed by atoms with Gasteiger partial charge in [0, 0.05) is 35.6 Å². The topological polar surface area (TPSA) is 110 Å². The Labute approximate surface area is 219 Å². The highest BCUT2D eigenvalue weighted by Crippen LogP contribution is 2.20. The predicted molar refractivity (Wildman–Crippen MR) is 140 cm³/mol. The number of rotatable bonds is 11. The van der Waals surface area contributed by atoms with E-state index in [9.17, 15) is 18.8 Å². The van der Waals surface area contributed by atoms with Crippen molar-refractivity contribution in [2.45, 2.75) is 18.9 Å². The third kappa shape index (κ3) is 6.97. The van der Waals surface area contributed by atoms with Gasteiger partial charge in [-0.05, 0) is 60.0 Å². The second kappa shape index (κ2) is 12.5. The lowest BCUT2D eigenvalue weighted by Gasteiger charge is -2.18. The second-order valence-electron chi connectivity index (χ2n) is 8.65. The number of hydrogen-bond donors (Lipinski definition) is 3. The first-order valence-corrected chi connectivity index (χ1v) is 12.1. The van der Waals surface area contributed by atoms with Gasteiger partial charge in [-0.2, -0.15) is 0 Å². The minimum absolute atomic E-state index is 0.134. The number of esters is 1. The van der Waals surface area contributed by atoms with Gasteiger partial charge in [0.2, 0.25) is 0 Å². The number of aromatic nitrogens is 1. The molecule has 0 aliphatic heterocycles. The van der Waals surface area contributed by atoms with Gasteiger partial charge < -0.3 is 25.1 Å². The fourth-order valence-corrected chi connectivity index (χ4v) is 3.98. The molecule has 0 radical (unpaired) electrons. The van der Waals surface area contributed by atoms with Gasteiger partial charge in [0.15, 0.2) is 6.61 Å². The standard InChI is InChI=1S/C29H28FN3O5/c1-37-23-12-6-19(7-13-23)14-15-31-27(34)18-38-29(36)26(33-28(35)20-8-10-22(30)11-9-20)16-21-17-32-25-5-3-2-4-24(21)25/h2-13,17,26,32H,14-16,18H2,1H3,(H,31,34)(H,33,35)/t26-/m0/s1. The highest BCUT2D eigenvalue weighted by molar-refractivity contribution is 5.97. The van der Waals surface area contributed by atoms with E-state index in [1.54, 1.807) is 13.3 Å². The van der Waals surface area contributed by atoms with Crippen molar-refractivity contribution in [2.75, 3.05) is 20.3 Å². The van der Waals surface area contributed by atoms with Crippen molar-refractivity contribution in [1.29, 1.82) is 0 Å². The average Bonchev–Trinajstić information content (AvgIpc) is 3.34. The van der Waals surface area contributed by atoms with Crippen molar-refractivity contribution in [2.24, 2.45) is 0 Å². The molecule has 38 heavy (non-hydrogen) atoms. The molecule has 0 fully saturated rings. The summed E-state index contributed by atoms with van der Waals surface area (Å²) in [6, 6.07) is 19.0. The molecule has 1 atom stereocenters. The maximum atomic E-state index is 13.3. The van der Waals surface area contributed by atoms with Crippen LogP contribution in [0.15, 0.2) is 79.0 Å². The Kier molecular flexibility index (Phi) is 8.71. The van der Waals surface area contributed by atoms with E-state index in [1.807, 2.05) is 48.5 Å². The van der Waals surface area contributed by atoms with Gasteiger partial charge in [0.05, 0.1) is 7.11 Å². The van der Waals surface area contributed by atoms with Crippen LogP contribution in [0, 0.1) is 5.82 Å². The number of para-hydroxylation sites is 1. The van der Waals surface area contributed by atoms with Gasteiger partial charge in [0.1, 0.15) is 17.6 Å². The van der Waals surface area contributed by atoms with Crippen molar-refractivity contribution < 1.29 is 28.2 Å². The molecule has 1 heterocycles. The van der Waals surface area contributed by atoms with Crippen LogP contribution < -0.4 is 15.4 Å². The summed E-state index contributed by atoms with van der Waals surface area (Å²) in [7, 11) is 1.59. The summed E-state index contributed by atoms with van der Waals surface area (Å²) in [4.78, 5) is 41.2. The number of methoxy groups -OCH3 is 1. The maximum Gasteiger partial charge on any atom is 0.329 e. The van der Waals surface area contributed by atoms with E-state index in [4.69, 9.17) is 9.47 Å². The van der Waals surface area contributed by atoms with Crippen LogP contribution in [0.5, 0.6) is 5.75 Å². The largest absolute Gasteiger partial charge is 0.497 e. The van der Waals surface area contributed by atoms with Crippen LogP contribution in [0.4, 0.5) is 4.39 Å². The van der Waals surface area contributed by atoms with E-state index in [1.165, 1.54) is 12.1 Å². The Morgan fingerprint density at radius 3 is 2.45 bits per heavy atom. The van der Waals surface area contributed by atoms with Crippen LogP contribution in [-0.2, 0) is 27.2 Å².